The zero-order valence-electron chi connectivity index (χ0n) is 15.8. The third-order valence-electron chi connectivity index (χ3n) is 4.52. The van der Waals surface area contributed by atoms with Crippen molar-refractivity contribution in [3.63, 3.8) is 0 Å². The van der Waals surface area contributed by atoms with E-state index in [0.717, 1.165) is 18.4 Å². The fourth-order valence-electron chi connectivity index (χ4n) is 3.02. The van der Waals surface area contributed by atoms with Crippen molar-refractivity contribution in [2.24, 2.45) is 0 Å². The van der Waals surface area contributed by atoms with E-state index in [1.807, 2.05) is 6.07 Å². The van der Waals surface area contributed by atoms with E-state index < -0.39 is 5.82 Å². The molecule has 27 heavy (non-hydrogen) atoms. The monoisotopic (exact) mass is 392 g/mol. The maximum atomic E-state index is 14.5. The number of rotatable bonds is 11. The van der Waals surface area contributed by atoms with Gasteiger partial charge in [0.2, 0.25) is 0 Å². The van der Waals surface area contributed by atoms with Crippen LogP contribution in [0.1, 0.15) is 51.0 Å². The summed E-state index contributed by atoms with van der Waals surface area (Å²) in [7, 11) is 0. The molecule has 0 unspecified atom stereocenters. The normalized spacial score (nSPS) is 11.3. The second-order valence-electron chi connectivity index (χ2n) is 6.65. The topological polar surface area (TPSA) is 9.23 Å². The fraction of sp³-hybridized carbons (Fsp3) is 0.391. The van der Waals surface area contributed by atoms with E-state index in [1.54, 1.807) is 24.3 Å². The van der Waals surface area contributed by atoms with E-state index in [0.29, 0.717) is 11.1 Å². The summed E-state index contributed by atoms with van der Waals surface area (Å²) in [6.45, 7) is 2.39. The number of benzene rings is 2. The Kier molecular flexibility index (Phi) is 9.34. The van der Waals surface area contributed by atoms with Crippen LogP contribution in [0.25, 0.3) is 11.1 Å². The summed E-state index contributed by atoms with van der Waals surface area (Å²) in [6, 6.07) is 9.69. The quantitative estimate of drug-likeness (QED) is 0.356. The zero-order chi connectivity index (χ0) is 19.5. The van der Waals surface area contributed by atoms with Gasteiger partial charge in [-0.15, -0.1) is 0 Å². The molecule has 0 N–H and O–H groups in total. The van der Waals surface area contributed by atoms with Crippen LogP contribution in [0.4, 0.5) is 8.78 Å². The van der Waals surface area contributed by atoms with E-state index in [2.05, 4.69) is 6.92 Å². The van der Waals surface area contributed by atoms with Crippen LogP contribution in [0.5, 0.6) is 5.75 Å². The Hall–Kier alpha value is -1.87. The minimum absolute atomic E-state index is 0.119. The Balaban J connectivity index is 1.97. The van der Waals surface area contributed by atoms with Gasteiger partial charge in [0.25, 0.3) is 0 Å². The second kappa shape index (κ2) is 11.8. The van der Waals surface area contributed by atoms with Crippen molar-refractivity contribution in [2.75, 3.05) is 6.61 Å². The standard InChI is InChI=1S/C23H27ClF2O/c1-2-3-4-5-6-7-9-18-10-12-20(21(25)16-18)19-11-13-23(22(26)17-19)27-15-8-14-24/h8,10-14,16-17H,2-7,9,15H2,1H3. The Labute approximate surface area is 166 Å². The first-order chi connectivity index (χ1) is 13.2. The van der Waals surface area contributed by atoms with E-state index in [1.165, 1.54) is 49.8 Å². The van der Waals surface area contributed by atoms with Crippen LogP contribution in [-0.2, 0) is 6.42 Å². The van der Waals surface area contributed by atoms with Gasteiger partial charge in [-0.05, 0) is 48.2 Å². The van der Waals surface area contributed by atoms with Crippen molar-refractivity contribution >= 4 is 11.6 Å². The van der Waals surface area contributed by atoms with Gasteiger partial charge in [-0.1, -0.05) is 68.8 Å². The van der Waals surface area contributed by atoms with Gasteiger partial charge in [0.15, 0.2) is 11.6 Å². The highest BCUT2D eigenvalue weighted by atomic mass is 35.5. The van der Waals surface area contributed by atoms with E-state index in [-0.39, 0.29) is 18.2 Å². The lowest BCUT2D eigenvalue weighted by Gasteiger charge is -2.09. The van der Waals surface area contributed by atoms with E-state index in [4.69, 9.17) is 16.3 Å². The van der Waals surface area contributed by atoms with Crippen LogP contribution in [0.15, 0.2) is 48.0 Å². The summed E-state index contributed by atoms with van der Waals surface area (Å²) >= 11 is 5.41. The SMILES string of the molecule is CCCCCCCCc1ccc(-c2ccc(OCC=CCl)c(F)c2)c(F)c1. The molecule has 0 bridgehead atoms. The van der Waals surface area contributed by atoms with Crippen molar-refractivity contribution in [3.8, 4) is 16.9 Å². The first-order valence-corrected chi connectivity index (χ1v) is 10.1. The molecular formula is C23H27ClF2O. The van der Waals surface area contributed by atoms with Gasteiger partial charge in [0.05, 0.1) is 0 Å². The van der Waals surface area contributed by atoms with Crippen LogP contribution >= 0.6 is 11.6 Å². The fourth-order valence-corrected chi connectivity index (χ4v) is 3.09. The number of halogens is 3. The lowest BCUT2D eigenvalue weighted by molar-refractivity contribution is 0.342. The molecule has 0 saturated heterocycles. The van der Waals surface area contributed by atoms with Gasteiger partial charge < -0.3 is 4.74 Å². The summed E-state index contributed by atoms with van der Waals surface area (Å²) in [5.74, 6) is -0.726. The Bertz CT molecular complexity index is 743. The highest BCUT2D eigenvalue weighted by Crippen LogP contribution is 2.28. The van der Waals surface area contributed by atoms with Crippen LogP contribution in [0.2, 0.25) is 0 Å². The van der Waals surface area contributed by atoms with Gasteiger partial charge in [-0.25, -0.2) is 8.78 Å². The summed E-state index contributed by atoms with van der Waals surface area (Å²) in [5.41, 5.74) is 3.19. The average Bonchev–Trinajstić information content (AvgIpc) is 2.66. The lowest BCUT2D eigenvalue weighted by Crippen LogP contribution is -1.96. The molecule has 146 valence electrons. The van der Waals surface area contributed by atoms with Crippen molar-refractivity contribution in [2.45, 2.75) is 51.9 Å². The number of ether oxygens (including phenoxy) is 1. The molecule has 2 aromatic rings. The van der Waals surface area contributed by atoms with Crippen molar-refractivity contribution in [1.82, 2.24) is 0 Å². The first kappa shape index (κ1) is 21.4. The molecule has 0 aliphatic heterocycles. The summed E-state index contributed by atoms with van der Waals surface area (Å²) in [6.07, 6.45) is 9.72. The third-order valence-corrected chi connectivity index (χ3v) is 4.70. The van der Waals surface area contributed by atoms with Crippen LogP contribution < -0.4 is 4.74 Å². The largest absolute Gasteiger partial charge is 0.486 e. The number of hydrogen-bond donors (Lipinski definition) is 0. The number of unbranched alkanes of at least 4 members (excludes halogenated alkanes) is 5. The molecular weight excluding hydrogens is 366 g/mol. The lowest BCUT2D eigenvalue weighted by atomic mass is 10.00. The number of aryl methyl sites for hydroxylation is 1. The molecule has 2 aromatic carbocycles. The van der Waals surface area contributed by atoms with Crippen LogP contribution in [0.3, 0.4) is 0 Å². The van der Waals surface area contributed by atoms with Gasteiger partial charge in [-0.2, -0.15) is 0 Å². The summed E-state index contributed by atoms with van der Waals surface area (Å²) in [5, 5.41) is 0. The predicted molar refractivity (Wildman–Crippen MR) is 109 cm³/mol. The molecule has 0 radical (unpaired) electrons. The molecule has 0 atom stereocenters. The minimum Gasteiger partial charge on any atom is -0.486 e. The van der Waals surface area contributed by atoms with Gasteiger partial charge in [0, 0.05) is 11.1 Å². The van der Waals surface area contributed by atoms with Crippen molar-refractivity contribution in [1.29, 1.82) is 0 Å². The molecule has 0 fully saturated rings. The van der Waals surface area contributed by atoms with Crippen LogP contribution in [0, 0.1) is 11.6 Å². The highest BCUT2D eigenvalue weighted by molar-refractivity contribution is 6.25. The molecule has 0 amide bonds. The summed E-state index contributed by atoms with van der Waals surface area (Å²) < 4.78 is 33.9. The highest BCUT2D eigenvalue weighted by Gasteiger charge is 2.10. The maximum Gasteiger partial charge on any atom is 0.165 e. The first-order valence-electron chi connectivity index (χ1n) is 9.62. The third kappa shape index (κ3) is 6.99. The van der Waals surface area contributed by atoms with Crippen molar-refractivity contribution < 1.29 is 13.5 Å². The number of hydrogen-bond acceptors (Lipinski definition) is 1. The smallest absolute Gasteiger partial charge is 0.165 e. The Morgan fingerprint density at radius 2 is 1.70 bits per heavy atom. The van der Waals surface area contributed by atoms with Crippen LogP contribution in [-0.4, -0.2) is 6.61 Å². The molecule has 0 saturated carbocycles. The average molecular weight is 393 g/mol. The van der Waals surface area contributed by atoms with E-state index in [9.17, 15) is 8.78 Å². The Morgan fingerprint density at radius 3 is 2.41 bits per heavy atom. The van der Waals surface area contributed by atoms with Gasteiger partial charge in [-0.3, -0.25) is 0 Å². The second-order valence-corrected chi connectivity index (χ2v) is 6.90. The molecule has 0 aromatic heterocycles. The minimum atomic E-state index is -0.522. The molecule has 4 heteroatoms. The Morgan fingerprint density at radius 1 is 0.926 bits per heavy atom. The predicted octanol–water partition coefficient (Wildman–Crippen LogP) is 7.67. The molecule has 0 heterocycles. The molecule has 0 aliphatic carbocycles. The zero-order valence-corrected chi connectivity index (χ0v) is 16.6. The molecule has 2 rings (SSSR count). The molecule has 0 aliphatic rings. The van der Waals surface area contributed by atoms with Crippen molar-refractivity contribution in [3.05, 3.63) is 65.2 Å². The van der Waals surface area contributed by atoms with Gasteiger partial charge >= 0.3 is 0 Å². The molecule has 1 nitrogen and oxygen atoms in total. The van der Waals surface area contributed by atoms with E-state index >= 15 is 0 Å². The van der Waals surface area contributed by atoms with Gasteiger partial charge in [0.1, 0.15) is 12.4 Å². The summed E-state index contributed by atoms with van der Waals surface area (Å²) in [4.78, 5) is 0. The molecule has 0 spiro atoms. The maximum absolute atomic E-state index is 14.5.